The molecule has 0 saturated carbocycles. The first-order valence-electron chi connectivity index (χ1n) is 8.35. The molecule has 1 aromatic carbocycles. The number of halogens is 1. The molecule has 0 aliphatic carbocycles. The summed E-state index contributed by atoms with van der Waals surface area (Å²) < 4.78 is 13.6. The Morgan fingerprint density at radius 2 is 2.04 bits per heavy atom. The van der Waals surface area contributed by atoms with Crippen LogP contribution in [0.3, 0.4) is 0 Å². The third kappa shape index (κ3) is 3.91. The van der Waals surface area contributed by atoms with E-state index in [1.807, 2.05) is 6.07 Å². The minimum Gasteiger partial charge on any atom is -0.370 e. The highest BCUT2D eigenvalue weighted by Crippen LogP contribution is 2.22. The van der Waals surface area contributed by atoms with Gasteiger partial charge in [0.25, 0.3) is 5.91 Å². The Balaban J connectivity index is 1.65. The van der Waals surface area contributed by atoms with Crippen molar-refractivity contribution < 1.29 is 9.18 Å². The lowest BCUT2D eigenvalue weighted by Crippen LogP contribution is -2.33. The van der Waals surface area contributed by atoms with Crippen molar-refractivity contribution in [3.05, 3.63) is 59.7 Å². The van der Waals surface area contributed by atoms with Gasteiger partial charge in [-0.2, -0.15) is 0 Å². The summed E-state index contributed by atoms with van der Waals surface area (Å²) >= 11 is 0. The molecule has 0 unspecified atom stereocenters. The number of hydrogen-bond acceptors (Lipinski definition) is 3. The lowest BCUT2D eigenvalue weighted by molar-refractivity contribution is 0.0950. The van der Waals surface area contributed by atoms with Crippen molar-refractivity contribution in [1.82, 2.24) is 10.3 Å². The first-order chi connectivity index (χ1) is 11.6. The summed E-state index contributed by atoms with van der Waals surface area (Å²) in [5.74, 6) is 0.201. The van der Waals surface area contributed by atoms with Crippen LogP contribution in [-0.4, -0.2) is 24.0 Å². The van der Waals surface area contributed by atoms with Gasteiger partial charge in [-0.3, -0.25) is 9.78 Å². The molecule has 1 aromatic heterocycles. The Morgan fingerprint density at radius 3 is 2.79 bits per heavy atom. The molecule has 0 radical (unpaired) electrons. The van der Waals surface area contributed by atoms with E-state index in [0.717, 1.165) is 37.5 Å². The molecule has 1 N–H and O–H groups in total. The molecule has 4 nitrogen and oxygen atoms in total. The van der Waals surface area contributed by atoms with Gasteiger partial charge in [-0.1, -0.05) is 25.1 Å². The first kappa shape index (κ1) is 16.4. The smallest absolute Gasteiger partial charge is 0.253 e. The molecular formula is C19H22FN3O. The van der Waals surface area contributed by atoms with Gasteiger partial charge in [-0.15, -0.1) is 0 Å². The highest BCUT2D eigenvalue weighted by atomic mass is 19.1. The molecule has 126 valence electrons. The zero-order chi connectivity index (χ0) is 16.9. The quantitative estimate of drug-likeness (QED) is 0.936. The maximum atomic E-state index is 13.6. The van der Waals surface area contributed by atoms with Gasteiger partial charge in [0.2, 0.25) is 0 Å². The van der Waals surface area contributed by atoms with Gasteiger partial charge in [-0.05, 0) is 30.9 Å². The second kappa shape index (κ2) is 7.43. The second-order valence-electron chi connectivity index (χ2n) is 6.38. The minimum absolute atomic E-state index is 0.164. The van der Waals surface area contributed by atoms with Crippen LogP contribution in [0.2, 0.25) is 0 Å². The Labute approximate surface area is 141 Å². The minimum atomic E-state index is -0.313. The van der Waals surface area contributed by atoms with Gasteiger partial charge in [0.05, 0.1) is 17.4 Å². The summed E-state index contributed by atoms with van der Waals surface area (Å²) in [5.41, 5.74) is 1.95. The second-order valence-corrected chi connectivity index (χ2v) is 6.38. The average molecular weight is 327 g/mol. The van der Waals surface area contributed by atoms with Crippen LogP contribution in [0.1, 0.15) is 35.7 Å². The van der Waals surface area contributed by atoms with E-state index in [1.165, 1.54) is 6.07 Å². The molecule has 3 rings (SSSR count). The molecule has 1 fully saturated rings. The van der Waals surface area contributed by atoms with Gasteiger partial charge in [0, 0.05) is 31.4 Å². The molecule has 2 heterocycles. The number of nitrogens with zero attached hydrogens (tertiary/aromatic N) is 2. The van der Waals surface area contributed by atoms with Gasteiger partial charge < -0.3 is 10.2 Å². The average Bonchev–Trinajstić information content (AvgIpc) is 2.61. The van der Waals surface area contributed by atoms with Gasteiger partial charge in [0.1, 0.15) is 5.82 Å². The fourth-order valence-corrected chi connectivity index (χ4v) is 2.91. The van der Waals surface area contributed by atoms with Crippen molar-refractivity contribution >= 4 is 11.6 Å². The van der Waals surface area contributed by atoms with Crippen LogP contribution in [-0.2, 0) is 6.54 Å². The zero-order valence-corrected chi connectivity index (χ0v) is 13.8. The summed E-state index contributed by atoms with van der Waals surface area (Å²) in [4.78, 5) is 18.8. The molecule has 0 bridgehead atoms. The number of piperidine rings is 1. The number of hydrogen-bond donors (Lipinski definition) is 1. The van der Waals surface area contributed by atoms with Crippen molar-refractivity contribution in [2.45, 2.75) is 26.3 Å². The summed E-state index contributed by atoms with van der Waals surface area (Å²) in [6, 6.07) is 8.30. The summed E-state index contributed by atoms with van der Waals surface area (Å²) in [5, 5.41) is 2.76. The number of benzene rings is 1. The zero-order valence-electron chi connectivity index (χ0n) is 13.8. The SMILES string of the molecule is CC1CCN(c2cncc(C(=O)NCc3ccccc3F)c2)CC1. The number of anilines is 1. The molecule has 1 aliphatic heterocycles. The Bertz CT molecular complexity index is 711. The molecule has 2 aromatic rings. The van der Waals surface area contributed by atoms with Crippen molar-refractivity contribution in [1.29, 1.82) is 0 Å². The Morgan fingerprint density at radius 1 is 1.29 bits per heavy atom. The maximum absolute atomic E-state index is 13.6. The lowest BCUT2D eigenvalue weighted by atomic mass is 9.99. The van der Waals surface area contributed by atoms with Crippen LogP contribution in [0.15, 0.2) is 42.7 Å². The van der Waals surface area contributed by atoms with E-state index in [2.05, 4.69) is 22.1 Å². The first-order valence-corrected chi connectivity index (χ1v) is 8.35. The van der Waals surface area contributed by atoms with Gasteiger partial charge in [-0.25, -0.2) is 4.39 Å². The number of rotatable bonds is 4. The normalized spacial score (nSPS) is 15.3. The Kier molecular flexibility index (Phi) is 5.08. The highest BCUT2D eigenvalue weighted by molar-refractivity contribution is 5.94. The fraction of sp³-hybridized carbons (Fsp3) is 0.368. The van der Waals surface area contributed by atoms with Crippen LogP contribution in [0, 0.1) is 11.7 Å². The van der Waals surface area contributed by atoms with Crippen molar-refractivity contribution in [2.75, 3.05) is 18.0 Å². The van der Waals surface area contributed by atoms with Crippen LogP contribution >= 0.6 is 0 Å². The number of carbonyl (C=O) groups is 1. The van der Waals surface area contributed by atoms with Crippen LogP contribution in [0.4, 0.5) is 10.1 Å². The Hall–Kier alpha value is -2.43. The number of amides is 1. The lowest BCUT2D eigenvalue weighted by Gasteiger charge is -2.32. The van der Waals surface area contributed by atoms with Crippen LogP contribution < -0.4 is 10.2 Å². The number of aromatic nitrogens is 1. The molecule has 1 saturated heterocycles. The molecule has 5 heteroatoms. The number of nitrogens with one attached hydrogen (secondary N) is 1. The molecule has 24 heavy (non-hydrogen) atoms. The van der Waals surface area contributed by atoms with E-state index in [9.17, 15) is 9.18 Å². The molecule has 1 amide bonds. The molecular weight excluding hydrogens is 305 g/mol. The van der Waals surface area contributed by atoms with Gasteiger partial charge in [0.15, 0.2) is 0 Å². The molecule has 0 spiro atoms. The summed E-state index contributed by atoms with van der Waals surface area (Å²) in [6.45, 7) is 4.41. The number of carbonyl (C=O) groups excluding carboxylic acids is 1. The van der Waals surface area contributed by atoms with Crippen LogP contribution in [0.25, 0.3) is 0 Å². The fourth-order valence-electron chi connectivity index (χ4n) is 2.91. The van der Waals surface area contributed by atoms with E-state index < -0.39 is 0 Å². The molecule has 1 aliphatic rings. The van der Waals surface area contributed by atoms with Gasteiger partial charge >= 0.3 is 0 Å². The molecule has 0 atom stereocenters. The van der Waals surface area contributed by atoms with Crippen LogP contribution in [0.5, 0.6) is 0 Å². The van der Waals surface area contributed by atoms with Crippen molar-refractivity contribution in [3.8, 4) is 0 Å². The standard InChI is InChI=1S/C19H22FN3O/c1-14-6-8-23(9-7-14)17-10-16(11-21-13-17)19(24)22-12-15-4-2-3-5-18(15)20/h2-5,10-11,13-14H,6-9,12H2,1H3,(H,22,24). The monoisotopic (exact) mass is 327 g/mol. The van der Waals surface area contributed by atoms with E-state index in [-0.39, 0.29) is 18.3 Å². The highest BCUT2D eigenvalue weighted by Gasteiger charge is 2.17. The summed E-state index contributed by atoms with van der Waals surface area (Å²) in [6.07, 6.45) is 5.66. The third-order valence-corrected chi connectivity index (χ3v) is 4.53. The van der Waals surface area contributed by atoms with Crippen molar-refractivity contribution in [2.24, 2.45) is 5.92 Å². The van der Waals surface area contributed by atoms with E-state index in [4.69, 9.17) is 0 Å². The predicted octanol–water partition coefficient (Wildman–Crippen LogP) is 3.39. The van der Waals surface area contributed by atoms with E-state index in [1.54, 1.807) is 30.6 Å². The summed E-state index contributed by atoms with van der Waals surface area (Å²) in [7, 11) is 0. The van der Waals surface area contributed by atoms with E-state index >= 15 is 0 Å². The third-order valence-electron chi connectivity index (χ3n) is 4.53. The maximum Gasteiger partial charge on any atom is 0.253 e. The largest absolute Gasteiger partial charge is 0.370 e. The van der Waals surface area contributed by atoms with E-state index in [0.29, 0.717) is 11.1 Å². The number of pyridine rings is 1. The predicted molar refractivity (Wildman–Crippen MR) is 92.4 cm³/mol. The topological polar surface area (TPSA) is 45.2 Å². The van der Waals surface area contributed by atoms with Crippen molar-refractivity contribution in [3.63, 3.8) is 0 Å².